The molecule has 0 saturated carbocycles. The number of carbonyl (C=O) groups is 1. The zero-order valence-electron chi connectivity index (χ0n) is 9.46. The molecule has 0 aromatic heterocycles. The van der Waals surface area contributed by atoms with Gasteiger partial charge in [-0.25, -0.2) is 0 Å². The van der Waals surface area contributed by atoms with Gasteiger partial charge in [-0.05, 0) is 30.7 Å². The quantitative estimate of drug-likeness (QED) is 0.822. The van der Waals surface area contributed by atoms with E-state index in [0.717, 1.165) is 12.1 Å². The van der Waals surface area contributed by atoms with E-state index < -0.39 is 6.36 Å². The topological polar surface area (TPSA) is 38.3 Å². The molecule has 0 aliphatic heterocycles. The molecule has 1 rings (SSSR count). The van der Waals surface area contributed by atoms with Gasteiger partial charge >= 0.3 is 6.36 Å². The van der Waals surface area contributed by atoms with Gasteiger partial charge in [-0.1, -0.05) is 6.08 Å². The maximum Gasteiger partial charge on any atom is 0.573 e. The number of halogens is 3. The number of hydrogen-bond acceptors (Lipinski definition) is 2. The van der Waals surface area contributed by atoms with Crippen molar-refractivity contribution in [2.75, 3.05) is 5.32 Å². The lowest BCUT2D eigenvalue weighted by Crippen LogP contribution is -2.17. The maximum atomic E-state index is 11.9. The molecule has 0 atom stereocenters. The minimum Gasteiger partial charge on any atom is -0.406 e. The van der Waals surface area contributed by atoms with Gasteiger partial charge in [0.15, 0.2) is 0 Å². The van der Waals surface area contributed by atoms with E-state index in [-0.39, 0.29) is 18.1 Å². The van der Waals surface area contributed by atoms with Crippen molar-refractivity contribution in [1.29, 1.82) is 0 Å². The highest BCUT2D eigenvalue weighted by molar-refractivity contribution is 5.90. The number of benzene rings is 1. The predicted octanol–water partition coefficient (Wildman–Crippen LogP) is 3.49. The molecule has 1 N–H and O–H groups in total. The number of rotatable bonds is 5. The maximum absolute atomic E-state index is 11.9. The fourth-order valence-electron chi connectivity index (χ4n) is 1.20. The third-order valence-corrected chi connectivity index (χ3v) is 1.95. The van der Waals surface area contributed by atoms with Crippen molar-refractivity contribution < 1.29 is 22.7 Å². The van der Waals surface area contributed by atoms with Crippen molar-refractivity contribution in [3.05, 3.63) is 36.9 Å². The van der Waals surface area contributed by atoms with Gasteiger partial charge in [-0.3, -0.25) is 4.79 Å². The molecule has 0 aliphatic rings. The average molecular weight is 259 g/mol. The normalized spacial score (nSPS) is 10.8. The van der Waals surface area contributed by atoms with E-state index in [2.05, 4.69) is 16.6 Å². The van der Waals surface area contributed by atoms with Crippen LogP contribution in [-0.4, -0.2) is 12.3 Å². The highest BCUT2D eigenvalue weighted by Gasteiger charge is 2.30. The van der Waals surface area contributed by atoms with Crippen LogP contribution in [0.2, 0.25) is 0 Å². The summed E-state index contributed by atoms with van der Waals surface area (Å²) in [6.45, 7) is 3.48. The van der Waals surface area contributed by atoms with Crippen LogP contribution < -0.4 is 10.1 Å². The Kier molecular flexibility index (Phi) is 4.76. The van der Waals surface area contributed by atoms with Crippen molar-refractivity contribution in [3.8, 4) is 5.75 Å². The van der Waals surface area contributed by atoms with E-state index in [4.69, 9.17) is 0 Å². The molecule has 0 saturated heterocycles. The molecule has 1 aromatic carbocycles. The summed E-state index contributed by atoms with van der Waals surface area (Å²) in [6, 6.07) is 4.95. The van der Waals surface area contributed by atoms with E-state index in [9.17, 15) is 18.0 Å². The van der Waals surface area contributed by atoms with E-state index in [1.54, 1.807) is 6.08 Å². The van der Waals surface area contributed by atoms with Crippen LogP contribution in [0.4, 0.5) is 18.9 Å². The molecule has 0 spiro atoms. The van der Waals surface area contributed by atoms with Gasteiger partial charge < -0.3 is 10.1 Å². The first kappa shape index (κ1) is 14.1. The molecule has 0 bridgehead atoms. The average Bonchev–Trinajstić information content (AvgIpc) is 2.27. The van der Waals surface area contributed by atoms with Gasteiger partial charge in [-0.2, -0.15) is 0 Å². The Labute approximate surface area is 102 Å². The summed E-state index contributed by atoms with van der Waals surface area (Å²) in [4.78, 5) is 11.3. The minimum absolute atomic E-state index is 0.223. The van der Waals surface area contributed by atoms with Gasteiger partial charge in [0, 0.05) is 12.1 Å². The smallest absolute Gasteiger partial charge is 0.406 e. The van der Waals surface area contributed by atoms with Gasteiger partial charge in [-0.15, -0.1) is 19.8 Å². The second-order valence-corrected chi connectivity index (χ2v) is 3.45. The lowest BCUT2D eigenvalue weighted by molar-refractivity contribution is -0.274. The summed E-state index contributed by atoms with van der Waals surface area (Å²) in [5.41, 5.74) is 0.415. The molecule has 6 heteroatoms. The van der Waals surface area contributed by atoms with Crippen LogP contribution in [0.25, 0.3) is 0 Å². The zero-order valence-corrected chi connectivity index (χ0v) is 9.46. The van der Waals surface area contributed by atoms with Crippen molar-refractivity contribution in [3.63, 3.8) is 0 Å². The predicted molar refractivity (Wildman–Crippen MR) is 61.2 cm³/mol. The molecule has 1 aromatic rings. The van der Waals surface area contributed by atoms with Crippen LogP contribution in [-0.2, 0) is 4.79 Å². The third kappa shape index (κ3) is 5.38. The summed E-state index contributed by atoms with van der Waals surface area (Å²) in [5.74, 6) is -0.550. The molecule has 0 heterocycles. The van der Waals surface area contributed by atoms with Gasteiger partial charge in [0.1, 0.15) is 5.75 Å². The Morgan fingerprint density at radius 1 is 1.33 bits per heavy atom. The largest absolute Gasteiger partial charge is 0.573 e. The lowest BCUT2D eigenvalue weighted by atomic mass is 10.2. The first-order valence-corrected chi connectivity index (χ1v) is 5.17. The highest BCUT2D eigenvalue weighted by Crippen LogP contribution is 2.23. The third-order valence-electron chi connectivity index (χ3n) is 1.95. The summed E-state index contributed by atoms with van der Waals surface area (Å²) in [5, 5.41) is 2.54. The summed E-state index contributed by atoms with van der Waals surface area (Å²) in [7, 11) is 0. The summed E-state index contributed by atoms with van der Waals surface area (Å²) in [6.07, 6.45) is -2.28. The van der Waals surface area contributed by atoms with Crippen LogP contribution in [0.5, 0.6) is 5.75 Å². The standard InChI is InChI=1S/C12H12F3NO2/c1-2-3-4-11(17)16-9-5-7-10(8-6-9)18-12(13,14)15/h2,5-8H,1,3-4H2,(H,16,17). The molecule has 98 valence electrons. The van der Waals surface area contributed by atoms with Gasteiger partial charge in [0.25, 0.3) is 0 Å². The minimum atomic E-state index is -4.71. The number of allylic oxidation sites excluding steroid dienone is 1. The fourth-order valence-corrected chi connectivity index (χ4v) is 1.20. The number of hydrogen-bond donors (Lipinski definition) is 1. The highest BCUT2D eigenvalue weighted by atomic mass is 19.4. The monoisotopic (exact) mass is 259 g/mol. The first-order valence-electron chi connectivity index (χ1n) is 5.17. The van der Waals surface area contributed by atoms with Crippen LogP contribution in [0.1, 0.15) is 12.8 Å². The van der Waals surface area contributed by atoms with Crippen LogP contribution in [0.3, 0.4) is 0 Å². The number of nitrogens with one attached hydrogen (secondary N) is 1. The molecule has 3 nitrogen and oxygen atoms in total. The molecule has 1 amide bonds. The molecule has 0 radical (unpaired) electrons. The lowest BCUT2D eigenvalue weighted by Gasteiger charge is -2.09. The Morgan fingerprint density at radius 3 is 2.44 bits per heavy atom. The van der Waals surface area contributed by atoms with Crippen LogP contribution in [0, 0.1) is 0 Å². The van der Waals surface area contributed by atoms with E-state index in [0.29, 0.717) is 12.1 Å². The fraction of sp³-hybridized carbons (Fsp3) is 0.250. The second-order valence-electron chi connectivity index (χ2n) is 3.45. The van der Waals surface area contributed by atoms with Crippen LogP contribution >= 0.6 is 0 Å². The van der Waals surface area contributed by atoms with Gasteiger partial charge in [0.2, 0.25) is 5.91 Å². The van der Waals surface area contributed by atoms with E-state index >= 15 is 0 Å². The number of anilines is 1. The number of carbonyl (C=O) groups excluding carboxylic acids is 1. The van der Waals surface area contributed by atoms with Crippen molar-refractivity contribution >= 4 is 11.6 Å². The molecule has 0 aliphatic carbocycles. The number of alkyl halides is 3. The first-order chi connectivity index (χ1) is 8.40. The summed E-state index contributed by atoms with van der Waals surface area (Å²) >= 11 is 0. The van der Waals surface area contributed by atoms with Crippen molar-refractivity contribution in [2.24, 2.45) is 0 Å². The van der Waals surface area contributed by atoms with E-state index in [1.807, 2.05) is 0 Å². The number of amides is 1. The molecule has 0 fully saturated rings. The van der Waals surface area contributed by atoms with Gasteiger partial charge in [0.05, 0.1) is 0 Å². The Hall–Kier alpha value is -1.98. The molecular weight excluding hydrogens is 247 g/mol. The van der Waals surface area contributed by atoms with E-state index in [1.165, 1.54) is 12.1 Å². The zero-order chi connectivity index (χ0) is 13.6. The summed E-state index contributed by atoms with van der Waals surface area (Å²) < 4.78 is 39.4. The Morgan fingerprint density at radius 2 is 1.94 bits per heavy atom. The molecule has 0 unspecified atom stereocenters. The Bertz CT molecular complexity index is 412. The van der Waals surface area contributed by atoms with Crippen molar-refractivity contribution in [1.82, 2.24) is 0 Å². The number of ether oxygens (including phenoxy) is 1. The Balaban J connectivity index is 2.55. The van der Waals surface area contributed by atoms with Crippen molar-refractivity contribution in [2.45, 2.75) is 19.2 Å². The SMILES string of the molecule is C=CCCC(=O)Nc1ccc(OC(F)(F)F)cc1. The van der Waals surface area contributed by atoms with Crippen LogP contribution in [0.15, 0.2) is 36.9 Å². The molecule has 18 heavy (non-hydrogen) atoms. The molecular formula is C12H12F3NO2. The second kappa shape index (κ2) is 6.09.